The van der Waals surface area contributed by atoms with Crippen molar-refractivity contribution in [1.82, 2.24) is 4.90 Å². The average Bonchev–Trinajstić information content (AvgIpc) is 3.14. The van der Waals surface area contributed by atoms with E-state index in [1.165, 1.54) is 6.92 Å². The van der Waals surface area contributed by atoms with E-state index in [0.29, 0.717) is 25.9 Å². The number of carbonyl (C=O) groups excluding carboxylic acids is 1. The Morgan fingerprint density at radius 1 is 1.27 bits per heavy atom. The zero-order valence-electron chi connectivity index (χ0n) is 20.1. The molecule has 0 amide bonds. The molecule has 1 spiro atoms. The highest BCUT2D eigenvalue weighted by Crippen LogP contribution is 2.79. The fourth-order valence-electron chi connectivity index (χ4n) is 10.4. The van der Waals surface area contributed by atoms with Crippen LogP contribution in [0.2, 0.25) is 0 Å². The molecule has 13 unspecified atom stereocenters. The lowest BCUT2D eigenvalue weighted by Crippen LogP contribution is -2.81. The molecule has 8 nitrogen and oxygen atoms in total. The van der Waals surface area contributed by atoms with Crippen molar-refractivity contribution in [2.45, 2.75) is 75.3 Å². The summed E-state index contributed by atoms with van der Waals surface area (Å²) < 4.78 is 18.2. The Bertz CT molecular complexity index is 911. The van der Waals surface area contributed by atoms with Crippen molar-refractivity contribution >= 4 is 5.97 Å². The van der Waals surface area contributed by atoms with Crippen LogP contribution >= 0.6 is 0 Å². The number of ether oxygens (including phenoxy) is 3. The summed E-state index contributed by atoms with van der Waals surface area (Å²) in [6, 6.07) is -0.475. The van der Waals surface area contributed by atoms with E-state index >= 15 is 0 Å². The molecule has 1 aliphatic heterocycles. The van der Waals surface area contributed by atoms with Crippen molar-refractivity contribution in [2.75, 3.05) is 27.3 Å². The van der Waals surface area contributed by atoms with E-state index in [4.69, 9.17) is 14.2 Å². The summed E-state index contributed by atoms with van der Waals surface area (Å²) >= 11 is 0. The number of hydrogen-bond acceptors (Lipinski definition) is 8. The Hall–Kier alpha value is -1.03. The number of methoxy groups -OCH3 is 2. The van der Waals surface area contributed by atoms with Gasteiger partial charge in [-0.25, -0.2) is 0 Å². The Balaban J connectivity index is 1.67. The zero-order valence-corrected chi connectivity index (χ0v) is 20.1. The number of esters is 1. The number of nitrogens with zero attached hydrogens (tertiary/aromatic N) is 1. The third kappa shape index (κ3) is 2.11. The predicted molar refractivity (Wildman–Crippen MR) is 117 cm³/mol. The van der Waals surface area contributed by atoms with Gasteiger partial charge in [-0.3, -0.25) is 9.69 Å². The van der Waals surface area contributed by atoms with Crippen LogP contribution in [0.4, 0.5) is 0 Å². The highest BCUT2D eigenvalue weighted by molar-refractivity contribution is 5.66. The van der Waals surface area contributed by atoms with E-state index < -0.39 is 46.4 Å². The van der Waals surface area contributed by atoms with Gasteiger partial charge >= 0.3 is 5.97 Å². The van der Waals surface area contributed by atoms with Crippen LogP contribution in [0.25, 0.3) is 0 Å². The van der Waals surface area contributed by atoms with Crippen molar-refractivity contribution in [3.05, 3.63) is 12.2 Å². The van der Waals surface area contributed by atoms with Crippen LogP contribution in [-0.4, -0.2) is 95.2 Å². The Morgan fingerprint density at radius 3 is 2.61 bits per heavy atom. The van der Waals surface area contributed by atoms with Gasteiger partial charge in [-0.05, 0) is 18.9 Å². The van der Waals surface area contributed by atoms with Gasteiger partial charge in [-0.1, -0.05) is 26.0 Å². The standard InChI is InChI=1S/C25H37NO7/c1-6-26-11-22(3)8-7-16(28)24-14-9-13-15(31-4)10-23(32-5,17(14)18(13)33-12(2)27)25(30,21(24)26)20(29)19(22)24/h7-8,13-21,28-30H,6,9-11H2,1-5H3. The van der Waals surface area contributed by atoms with Crippen molar-refractivity contribution in [3.8, 4) is 0 Å². The van der Waals surface area contributed by atoms with Crippen molar-refractivity contribution in [2.24, 2.45) is 34.5 Å². The molecule has 7 bridgehead atoms. The molecule has 184 valence electrons. The number of likely N-dealkylation sites (N-methyl/N-ethyl adjacent to an activating group) is 1. The van der Waals surface area contributed by atoms with E-state index in [-0.39, 0.29) is 35.7 Å². The van der Waals surface area contributed by atoms with Gasteiger partial charge in [0.25, 0.3) is 0 Å². The molecule has 33 heavy (non-hydrogen) atoms. The molecule has 13 atom stereocenters. The van der Waals surface area contributed by atoms with Gasteiger partial charge in [-0.15, -0.1) is 0 Å². The molecular weight excluding hydrogens is 426 g/mol. The fraction of sp³-hybridized carbons (Fsp3) is 0.880. The minimum absolute atomic E-state index is 0.0493. The summed E-state index contributed by atoms with van der Waals surface area (Å²) in [4.78, 5) is 14.5. The fourth-order valence-corrected chi connectivity index (χ4v) is 10.4. The smallest absolute Gasteiger partial charge is 0.302 e. The highest BCUT2D eigenvalue weighted by Gasteiger charge is 2.91. The lowest BCUT2D eigenvalue weighted by atomic mass is 9.44. The molecule has 0 aromatic rings. The van der Waals surface area contributed by atoms with Gasteiger partial charge in [-0.2, -0.15) is 0 Å². The molecule has 1 heterocycles. The Morgan fingerprint density at radius 2 is 2.00 bits per heavy atom. The van der Waals surface area contributed by atoms with Crippen LogP contribution in [0.15, 0.2) is 12.2 Å². The van der Waals surface area contributed by atoms with Gasteiger partial charge < -0.3 is 29.5 Å². The summed E-state index contributed by atoms with van der Waals surface area (Å²) in [5, 5.41) is 36.6. The maximum Gasteiger partial charge on any atom is 0.302 e. The number of fused-ring (bicyclic) bond motifs is 2. The molecule has 1 saturated heterocycles. The SMILES string of the molecule is CCN1CC2(C)C=CC(O)C34C5CC6C(OC)CC(OC)(C5C6OC(C)=O)C(O)(C(O)C23)C14. The molecule has 5 aliphatic carbocycles. The summed E-state index contributed by atoms with van der Waals surface area (Å²) in [6.45, 7) is 7.00. The maximum atomic E-state index is 12.8. The van der Waals surface area contributed by atoms with E-state index in [1.807, 2.05) is 12.2 Å². The largest absolute Gasteiger partial charge is 0.462 e. The van der Waals surface area contributed by atoms with E-state index in [2.05, 4.69) is 18.7 Å². The minimum atomic E-state index is -1.65. The van der Waals surface area contributed by atoms with Crippen LogP contribution in [0.1, 0.15) is 33.6 Å². The van der Waals surface area contributed by atoms with E-state index in [0.717, 1.165) is 0 Å². The van der Waals surface area contributed by atoms with Gasteiger partial charge in [0.1, 0.15) is 17.3 Å². The number of hydrogen-bond donors (Lipinski definition) is 3. The number of aliphatic hydroxyl groups is 3. The van der Waals surface area contributed by atoms with Gasteiger partial charge in [0.05, 0.1) is 24.4 Å². The third-order valence-corrected chi connectivity index (χ3v) is 10.9. The second-order valence-corrected chi connectivity index (χ2v) is 11.7. The first kappa shape index (κ1) is 22.4. The van der Waals surface area contributed by atoms with Crippen LogP contribution in [0, 0.1) is 34.5 Å². The van der Waals surface area contributed by atoms with Gasteiger partial charge in [0.15, 0.2) is 0 Å². The number of aliphatic hydroxyl groups excluding tert-OH is 2. The molecule has 0 aromatic carbocycles. The monoisotopic (exact) mass is 463 g/mol. The first-order chi connectivity index (χ1) is 15.6. The number of rotatable bonds is 4. The van der Waals surface area contributed by atoms with Gasteiger partial charge in [0.2, 0.25) is 0 Å². The van der Waals surface area contributed by atoms with Crippen LogP contribution in [0.5, 0.6) is 0 Å². The Kier molecular flexibility index (Phi) is 4.48. The molecule has 8 heteroatoms. The molecule has 6 aliphatic rings. The molecular formula is C25H37NO7. The summed E-state index contributed by atoms with van der Waals surface area (Å²) in [6.07, 6.45) is 2.32. The van der Waals surface area contributed by atoms with Gasteiger partial charge in [0, 0.05) is 62.7 Å². The first-order valence-corrected chi connectivity index (χ1v) is 12.4. The average molecular weight is 464 g/mol. The second-order valence-electron chi connectivity index (χ2n) is 11.7. The predicted octanol–water partition coefficient (Wildman–Crippen LogP) is 0.337. The van der Waals surface area contributed by atoms with Crippen LogP contribution < -0.4 is 0 Å². The minimum Gasteiger partial charge on any atom is -0.462 e. The second kappa shape index (κ2) is 6.59. The molecule has 4 saturated carbocycles. The topological polar surface area (TPSA) is 109 Å². The summed E-state index contributed by atoms with van der Waals surface area (Å²) in [5.41, 5.74) is -4.00. The third-order valence-electron chi connectivity index (χ3n) is 10.9. The van der Waals surface area contributed by atoms with Crippen molar-refractivity contribution in [1.29, 1.82) is 0 Å². The van der Waals surface area contributed by atoms with Crippen LogP contribution in [0.3, 0.4) is 0 Å². The summed E-state index contributed by atoms with van der Waals surface area (Å²) in [5.74, 6) is -1.20. The van der Waals surface area contributed by atoms with Crippen molar-refractivity contribution < 1.29 is 34.3 Å². The van der Waals surface area contributed by atoms with E-state index in [9.17, 15) is 20.1 Å². The number of likely N-dealkylation sites (tertiary alicyclic amines) is 1. The highest BCUT2D eigenvalue weighted by atomic mass is 16.6. The molecule has 3 N–H and O–H groups in total. The first-order valence-electron chi connectivity index (χ1n) is 12.4. The molecule has 0 radical (unpaired) electrons. The summed E-state index contributed by atoms with van der Waals surface area (Å²) in [7, 11) is 3.24. The number of carbonyl (C=O) groups is 1. The quantitative estimate of drug-likeness (QED) is 0.405. The van der Waals surface area contributed by atoms with Crippen LogP contribution in [-0.2, 0) is 19.0 Å². The van der Waals surface area contributed by atoms with E-state index in [1.54, 1.807) is 14.2 Å². The Labute approximate surface area is 194 Å². The lowest BCUT2D eigenvalue weighted by Gasteiger charge is -2.68. The maximum absolute atomic E-state index is 12.8. The zero-order chi connectivity index (χ0) is 23.7. The normalized spacial score (nSPS) is 60.2. The molecule has 5 fully saturated rings. The lowest BCUT2D eigenvalue weighted by molar-refractivity contribution is -0.316. The molecule has 6 rings (SSSR count). The molecule has 0 aromatic heterocycles. The van der Waals surface area contributed by atoms with Crippen molar-refractivity contribution in [3.63, 3.8) is 0 Å². The number of piperidine rings is 1.